The van der Waals surface area contributed by atoms with Gasteiger partial charge in [0.15, 0.2) is 0 Å². The molecule has 3 N–H and O–H groups in total. The van der Waals surface area contributed by atoms with E-state index in [0.29, 0.717) is 6.61 Å². The summed E-state index contributed by atoms with van der Waals surface area (Å²) in [6, 6.07) is 6.19. The van der Waals surface area contributed by atoms with E-state index in [1.165, 1.54) is 12.1 Å². The Morgan fingerprint density at radius 2 is 1.77 bits per heavy atom. The molecule has 0 spiro atoms. The van der Waals surface area contributed by atoms with Crippen LogP contribution in [0, 0.1) is 0 Å². The van der Waals surface area contributed by atoms with Crippen molar-refractivity contribution >= 4 is 17.8 Å². The summed E-state index contributed by atoms with van der Waals surface area (Å²) in [7, 11) is 0. The molecule has 0 unspecified atom stereocenters. The molecule has 2 amide bonds. The first-order valence-electron chi connectivity index (χ1n) is 7.03. The number of phenolic OH excluding ortho intramolecular Hbond substituents is 1. The molecule has 120 valence electrons. The van der Waals surface area contributed by atoms with Crippen molar-refractivity contribution in [1.82, 2.24) is 10.6 Å². The molecule has 0 aliphatic carbocycles. The normalized spacial score (nSPS) is 9.86. The lowest BCUT2D eigenvalue weighted by molar-refractivity contribution is -0.144. The molecule has 0 fully saturated rings. The minimum atomic E-state index is -0.418. The maximum Gasteiger partial charge on any atom is 0.306 e. The Morgan fingerprint density at radius 1 is 1.09 bits per heavy atom. The second-order valence-electron chi connectivity index (χ2n) is 4.43. The van der Waals surface area contributed by atoms with E-state index in [4.69, 9.17) is 4.74 Å². The molecule has 0 aliphatic heterocycles. The molecule has 22 heavy (non-hydrogen) atoms. The highest BCUT2D eigenvalue weighted by Crippen LogP contribution is 2.14. The topological polar surface area (TPSA) is 105 Å². The van der Waals surface area contributed by atoms with E-state index in [2.05, 4.69) is 10.6 Å². The van der Waals surface area contributed by atoms with Crippen molar-refractivity contribution in [1.29, 1.82) is 0 Å². The van der Waals surface area contributed by atoms with E-state index in [0.717, 1.165) is 0 Å². The summed E-state index contributed by atoms with van der Waals surface area (Å²) in [6.45, 7) is 2.45. The quantitative estimate of drug-likeness (QED) is 0.481. The highest BCUT2D eigenvalue weighted by Gasteiger charge is 2.10. The lowest BCUT2D eigenvalue weighted by atomic mass is 10.2. The van der Waals surface area contributed by atoms with Crippen molar-refractivity contribution in [2.75, 3.05) is 19.7 Å². The number of phenols is 1. The van der Waals surface area contributed by atoms with E-state index >= 15 is 0 Å². The van der Waals surface area contributed by atoms with Crippen molar-refractivity contribution < 1.29 is 24.2 Å². The van der Waals surface area contributed by atoms with Gasteiger partial charge in [-0.25, -0.2) is 0 Å². The largest absolute Gasteiger partial charge is 0.507 e. The van der Waals surface area contributed by atoms with Crippen LogP contribution >= 0.6 is 0 Å². The van der Waals surface area contributed by atoms with Gasteiger partial charge in [-0.05, 0) is 19.1 Å². The first-order valence-corrected chi connectivity index (χ1v) is 7.03. The molecule has 7 heteroatoms. The lowest BCUT2D eigenvalue weighted by Crippen LogP contribution is -2.34. The summed E-state index contributed by atoms with van der Waals surface area (Å²) in [6.07, 6.45) is 0.0795. The standard InChI is InChI=1S/C15H20N2O5/c1-2-22-14(20)8-7-13(19)16-9-10-17-15(21)11-5-3-4-6-12(11)18/h3-6,18H,2,7-10H2,1H3,(H,16,19)(H,17,21). The summed E-state index contributed by atoms with van der Waals surface area (Å²) in [5, 5.41) is 14.7. The average molecular weight is 308 g/mol. The molecule has 0 radical (unpaired) electrons. The molecular formula is C15H20N2O5. The summed E-state index contributed by atoms with van der Waals surface area (Å²) in [4.78, 5) is 34.3. The predicted molar refractivity (Wildman–Crippen MR) is 79.3 cm³/mol. The first kappa shape index (κ1) is 17.5. The number of para-hydroxylation sites is 1. The Kier molecular flexibility index (Phi) is 7.45. The number of nitrogens with one attached hydrogen (secondary N) is 2. The number of carbonyl (C=O) groups excluding carboxylic acids is 3. The maximum absolute atomic E-state index is 11.8. The Balaban J connectivity index is 2.20. The number of amides is 2. The number of rotatable bonds is 8. The third-order valence-corrected chi connectivity index (χ3v) is 2.74. The minimum Gasteiger partial charge on any atom is -0.507 e. The van der Waals surface area contributed by atoms with Gasteiger partial charge in [0, 0.05) is 19.5 Å². The van der Waals surface area contributed by atoms with Crippen LogP contribution in [-0.4, -0.2) is 42.6 Å². The minimum absolute atomic E-state index is 0.0317. The van der Waals surface area contributed by atoms with Crippen LogP contribution in [0.25, 0.3) is 0 Å². The van der Waals surface area contributed by atoms with Crippen molar-refractivity contribution in [2.45, 2.75) is 19.8 Å². The Morgan fingerprint density at radius 3 is 2.45 bits per heavy atom. The third-order valence-electron chi connectivity index (χ3n) is 2.74. The number of esters is 1. The molecule has 0 saturated heterocycles. The average Bonchev–Trinajstić information content (AvgIpc) is 2.50. The fourth-order valence-electron chi connectivity index (χ4n) is 1.68. The Labute approximate surface area is 128 Å². The molecular weight excluding hydrogens is 288 g/mol. The second kappa shape index (κ2) is 9.38. The summed E-state index contributed by atoms with van der Waals surface area (Å²) in [5.41, 5.74) is 0.177. The Hall–Kier alpha value is -2.57. The van der Waals surface area contributed by atoms with E-state index in [9.17, 15) is 19.5 Å². The molecule has 0 heterocycles. The van der Waals surface area contributed by atoms with Gasteiger partial charge < -0.3 is 20.5 Å². The van der Waals surface area contributed by atoms with Crippen molar-refractivity contribution in [3.05, 3.63) is 29.8 Å². The molecule has 1 aromatic carbocycles. The van der Waals surface area contributed by atoms with Crippen LogP contribution in [-0.2, 0) is 14.3 Å². The molecule has 0 saturated carbocycles. The van der Waals surface area contributed by atoms with Crippen LogP contribution in [0.15, 0.2) is 24.3 Å². The zero-order chi connectivity index (χ0) is 16.4. The van der Waals surface area contributed by atoms with Gasteiger partial charge in [-0.15, -0.1) is 0 Å². The zero-order valence-electron chi connectivity index (χ0n) is 12.4. The molecule has 0 aliphatic rings. The zero-order valence-corrected chi connectivity index (χ0v) is 12.4. The van der Waals surface area contributed by atoms with Crippen LogP contribution in [0.2, 0.25) is 0 Å². The van der Waals surface area contributed by atoms with Gasteiger partial charge in [0.1, 0.15) is 5.75 Å². The van der Waals surface area contributed by atoms with Gasteiger partial charge in [0.25, 0.3) is 5.91 Å². The van der Waals surface area contributed by atoms with E-state index in [1.54, 1.807) is 19.1 Å². The fourth-order valence-corrected chi connectivity index (χ4v) is 1.68. The van der Waals surface area contributed by atoms with Gasteiger partial charge >= 0.3 is 5.97 Å². The first-order chi connectivity index (χ1) is 10.5. The highest BCUT2D eigenvalue weighted by molar-refractivity contribution is 5.96. The van der Waals surface area contributed by atoms with Crippen molar-refractivity contribution in [2.24, 2.45) is 0 Å². The lowest BCUT2D eigenvalue weighted by Gasteiger charge is -2.08. The number of carbonyl (C=O) groups is 3. The molecule has 0 atom stereocenters. The highest BCUT2D eigenvalue weighted by atomic mass is 16.5. The fraction of sp³-hybridized carbons (Fsp3) is 0.400. The van der Waals surface area contributed by atoms with Crippen LogP contribution < -0.4 is 10.6 Å². The van der Waals surface area contributed by atoms with Crippen molar-refractivity contribution in [3.63, 3.8) is 0 Å². The number of ether oxygens (including phenoxy) is 1. The van der Waals surface area contributed by atoms with Gasteiger partial charge in [-0.1, -0.05) is 12.1 Å². The number of aromatic hydroxyl groups is 1. The van der Waals surface area contributed by atoms with Crippen molar-refractivity contribution in [3.8, 4) is 5.75 Å². The van der Waals surface area contributed by atoms with Gasteiger partial charge in [0.2, 0.25) is 5.91 Å². The smallest absolute Gasteiger partial charge is 0.306 e. The van der Waals surface area contributed by atoms with Gasteiger partial charge in [0.05, 0.1) is 18.6 Å². The molecule has 0 aromatic heterocycles. The summed E-state index contributed by atoms with van der Waals surface area (Å²) in [5.74, 6) is -1.22. The van der Waals surface area contributed by atoms with Gasteiger partial charge in [-0.2, -0.15) is 0 Å². The van der Waals surface area contributed by atoms with Crippen LogP contribution in [0.5, 0.6) is 5.75 Å². The molecule has 1 aromatic rings. The maximum atomic E-state index is 11.8. The molecule has 7 nitrogen and oxygen atoms in total. The Bertz CT molecular complexity index is 530. The van der Waals surface area contributed by atoms with Crippen LogP contribution in [0.3, 0.4) is 0 Å². The monoisotopic (exact) mass is 308 g/mol. The van der Waals surface area contributed by atoms with E-state index < -0.39 is 11.9 Å². The number of hydrogen-bond donors (Lipinski definition) is 3. The predicted octanol–water partition coefficient (Wildman–Crippen LogP) is 0.582. The van der Waals surface area contributed by atoms with E-state index in [-0.39, 0.29) is 43.2 Å². The van der Waals surface area contributed by atoms with Gasteiger partial charge in [-0.3, -0.25) is 14.4 Å². The molecule has 0 bridgehead atoms. The summed E-state index contributed by atoms with van der Waals surface area (Å²) >= 11 is 0. The van der Waals surface area contributed by atoms with Crippen LogP contribution in [0.4, 0.5) is 0 Å². The third kappa shape index (κ3) is 6.25. The van der Waals surface area contributed by atoms with Crippen LogP contribution in [0.1, 0.15) is 30.1 Å². The number of benzene rings is 1. The summed E-state index contributed by atoms with van der Waals surface area (Å²) < 4.78 is 4.71. The second-order valence-corrected chi connectivity index (χ2v) is 4.43. The van der Waals surface area contributed by atoms with E-state index in [1.807, 2.05) is 0 Å². The molecule has 1 rings (SSSR count). The SMILES string of the molecule is CCOC(=O)CCC(=O)NCCNC(=O)c1ccccc1O. The number of hydrogen-bond acceptors (Lipinski definition) is 5.